The highest BCUT2D eigenvalue weighted by atomic mass is 32.2. The Kier molecular flexibility index (Phi) is 6.39. The number of fused-ring (bicyclic) bond motifs is 1. The fourth-order valence-corrected chi connectivity index (χ4v) is 4.23. The van der Waals surface area contributed by atoms with Gasteiger partial charge in [0, 0.05) is 12.3 Å². The summed E-state index contributed by atoms with van der Waals surface area (Å²) in [5.74, 6) is 0.517. The van der Waals surface area contributed by atoms with Crippen molar-refractivity contribution in [2.45, 2.75) is 37.6 Å². The van der Waals surface area contributed by atoms with Crippen molar-refractivity contribution < 1.29 is 21.6 Å². The number of aryl methyl sites for hydroxylation is 1. The number of benzene rings is 1. The van der Waals surface area contributed by atoms with Gasteiger partial charge >= 0.3 is 6.18 Å². The van der Waals surface area contributed by atoms with Crippen molar-refractivity contribution in [3.05, 3.63) is 23.8 Å². The number of halogens is 3. The third kappa shape index (κ3) is 5.11. The molecular formula is C15H20F3N3O2S2. The van der Waals surface area contributed by atoms with Crippen LogP contribution in [0.15, 0.2) is 23.4 Å². The van der Waals surface area contributed by atoms with Crippen LogP contribution in [0.25, 0.3) is 11.0 Å². The van der Waals surface area contributed by atoms with Crippen LogP contribution < -0.4 is 4.72 Å². The minimum absolute atomic E-state index is 0.00271. The summed E-state index contributed by atoms with van der Waals surface area (Å²) in [4.78, 5) is 4.40. The number of nitrogens with zero attached hydrogens (tertiary/aromatic N) is 2. The number of hydrogen-bond acceptors (Lipinski definition) is 4. The van der Waals surface area contributed by atoms with Crippen molar-refractivity contribution >= 4 is 32.8 Å². The van der Waals surface area contributed by atoms with Gasteiger partial charge in [0.2, 0.25) is 10.0 Å². The van der Waals surface area contributed by atoms with Gasteiger partial charge in [-0.2, -0.15) is 13.2 Å². The minimum atomic E-state index is -4.40. The first-order valence-electron chi connectivity index (χ1n) is 7.79. The Hall–Kier alpha value is -1.26. The van der Waals surface area contributed by atoms with E-state index in [0.717, 1.165) is 18.6 Å². The Bertz CT molecular complexity index is 832. The molecule has 0 bridgehead atoms. The summed E-state index contributed by atoms with van der Waals surface area (Å²) in [5, 5.41) is 0.609. The second-order valence-electron chi connectivity index (χ2n) is 5.47. The zero-order valence-corrected chi connectivity index (χ0v) is 15.6. The van der Waals surface area contributed by atoms with E-state index in [1.165, 1.54) is 24.9 Å². The van der Waals surface area contributed by atoms with E-state index in [0.29, 0.717) is 34.9 Å². The van der Waals surface area contributed by atoms with Crippen LogP contribution in [0.4, 0.5) is 13.2 Å². The van der Waals surface area contributed by atoms with Crippen molar-refractivity contribution in [3.63, 3.8) is 0 Å². The van der Waals surface area contributed by atoms with Gasteiger partial charge in [-0.3, -0.25) is 0 Å². The van der Waals surface area contributed by atoms with Crippen molar-refractivity contribution in [1.29, 1.82) is 0 Å². The molecule has 2 aromatic rings. The molecule has 0 amide bonds. The molecule has 1 heterocycles. The van der Waals surface area contributed by atoms with Crippen molar-refractivity contribution in [2.24, 2.45) is 0 Å². The highest BCUT2D eigenvalue weighted by Crippen LogP contribution is 2.33. The van der Waals surface area contributed by atoms with Crippen molar-refractivity contribution in [1.82, 2.24) is 14.3 Å². The summed E-state index contributed by atoms with van der Waals surface area (Å²) in [7, 11) is -1.89. The topological polar surface area (TPSA) is 64.0 Å². The average molecular weight is 395 g/mol. The van der Waals surface area contributed by atoms with Crippen LogP contribution in [0.3, 0.4) is 0 Å². The lowest BCUT2D eigenvalue weighted by atomic mass is 10.2. The lowest BCUT2D eigenvalue weighted by Gasteiger charge is -2.09. The molecule has 5 nitrogen and oxygen atoms in total. The number of nitrogens with one attached hydrogen (secondary N) is 1. The molecule has 0 saturated carbocycles. The molecule has 2 rings (SSSR count). The van der Waals surface area contributed by atoms with Crippen LogP contribution in [0.1, 0.15) is 25.3 Å². The Morgan fingerprint density at radius 1 is 1.32 bits per heavy atom. The van der Waals surface area contributed by atoms with E-state index in [2.05, 4.69) is 9.71 Å². The number of aromatic nitrogens is 2. The van der Waals surface area contributed by atoms with Gasteiger partial charge in [0.1, 0.15) is 0 Å². The molecule has 0 aliphatic carbocycles. The molecule has 1 aromatic heterocycles. The second-order valence-corrected chi connectivity index (χ2v) is 8.58. The Balaban J connectivity index is 2.23. The lowest BCUT2D eigenvalue weighted by molar-refractivity contribution is -0.137. The summed E-state index contributed by atoms with van der Waals surface area (Å²) in [5.41, 5.74) is 0.253. The molecule has 0 radical (unpaired) electrons. The molecule has 0 spiro atoms. The van der Waals surface area contributed by atoms with Gasteiger partial charge < -0.3 is 4.57 Å². The number of hydrogen-bond donors (Lipinski definition) is 1. The van der Waals surface area contributed by atoms with Gasteiger partial charge in [-0.15, -0.1) is 0 Å². The fraction of sp³-hybridized carbons (Fsp3) is 0.533. The van der Waals surface area contributed by atoms with Crippen LogP contribution in [0, 0.1) is 0 Å². The van der Waals surface area contributed by atoms with Crippen LogP contribution in [-0.4, -0.2) is 36.5 Å². The van der Waals surface area contributed by atoms with Gasteiger partial charge in [-0.05, 0) is 38.1 Å². The predicted molar refractivity (Wildman–Crippen MR) is 93.2 cm³/mol. The van der Waals surface area contributed by atoms with Crippen LogP contribution in [0.5, 0.6) is 0 Å². The molecule has 0 unspecified atom stereocenters. The maximum Gasteiger partial charge on any atom is 0.416 e. The number of alkyl halides is 3. The highest BCUT2D eigenvalue weighted by Gasteiger charge is 2.31. The van der Waals surface area contributed by atoms with Crippen LogP contribution in [-0.2, 0) is 22.7 Å². The minimum Gasteiger partial charge on any atom is -0.319 e. The summed E-state index contributed by atoms with van der Waals surface area (Å²) in [6.45, 7) is 2.49. The zero-order chi connectivity index (χ0) is 18.7. The number of sulfonamides is 1. The van der Waals surface area contributed by atoms with E-state index in [4.69, 9.17) is 0 Å². The molecule has 0 saturated heterocycles. The SMILES string of the molecule is CCCn1c(SCCCS(=O)(=O)NC)nc2ccc(C(F)(F)F)cc21. The predicted octanol–water partition coefficient (Wildman–Crippen LogP) is 3.50. The molecule has 0 aliphatic heterocycles. The van der Waals surface area contributed by atoms with E-state index < -0.39 is 21.8 Å². The van der Waals surface area contributed by atoms with E-state index >= 15 is 0 Å². The molecule has 0 atom stereocenters. The molecule has 1 aromatic carbocycles. The largest absolute Gasteiger partial charge is 0.416 e. The maximum absolute atomic E-state index is 12.9. The van der Waals surface area contributed by atoms with Crippen LogP contribution in [0.2, 0.25) is 0 Å². The lowest BCUT2D eigenvalue weighted by Crippen LogP contribution is -2.22. The zero-order valence-electron chi connectivity index (χ0n) is 13.9. The molecule has 1 N–H and O–H groups in total. The third-order valence-electron chi connectivity index (χ3n) is 3.59. The van der Waals surface area contributed by atoms with Gasteiger partial charge in [-0.25, -0.2) is 18.1 Å². The summed E-state index contributed by atoms with van der Waals surface area (Å²) in [6.07, 6.45) is -3.22. The molecule has 0 fully saturated rings. The standard InChI is InChI=1S/C15H20F3N3O2S2/c1-3-7-21-13-10-11(15(16,17)18)5-6-12(13)20-14(21)24-8-4-9-25(22,23)19-2/h5-6,10,19H,3-4,7-9H2,1-2H3. The number of rotatable bonds is 8. The Morgan fingerprint density at radius 2 is 2.04 bits per heavy atom. The highest BCUT2D eigenvalue weighted by molar-refractivity contribution is 7.99. The first-order valence-corrected chi connectivity index (χ1v) is 10.4. The number of imidazole rings is 1. The number of thioether (sulfide) groups is 1. The smallest absolute Gasteiger partial charge is 0.319 e. The first kappa shape index (κ1) is 20.1. The second kappa shape index (κ2) is 7.96. The average Bonchev–Trinajstić information content (AvgIpc) is 2.88. The van der Waals surface area contributed by atoms with E-state index in [1.807, 2.05) is 6.92 Å². The van der Waals surface area contributed by atoms with E-state index in [1.54, 1.807) is 4.57 Å². The molecule has 25 heavy (non-hydrogen) atoms. The van der Waals surface area contributed by atoms with E-state index in [-0.39, 0.29) is 5.75 Å². The van der Waals surface area contributed by atoms with Gasteiger partial charge in [0.05, 0.1) is 22.3 Å². The van der Waals surface area contributed by atoms with Crippen molar-refractivity contribution in [3.8, 4) is 0 Å². The first-order chi connectivity index (χ1) is 11.7. The fourth-order valence-electron chi connectivity index (χ4n) is 2.34. The molecular weight excluding hydrogens is 375 g/mol. The Labute approximate surface area is 149 Å². The quantitative estimate of drug-likeness (QED) is 0.549. The third-order valence-corrected chi connectivity index (χ3v) is 6.10. The Morgan fingerprint density at radius 3 is 2.64 bits per heavy atom. The monoisotopic (exact) mass is 395 g/mol. The molecule has 140 valence electrons. The molecule has 10 heteroatoms. The summed E-state index contributed by atoms with van der Waals surface area (Å²) < 4.78 is 65.6. The van der Waals surface area contributed by atoms with Gasteiger partial charge in [0.15, 0.2) is 5.16 Å². The van der Waals surface area contributed by atoms with Crippen molar-refractivity contribution in [2.75, 3.05) is 18.6 Å². The van der Waals surface area contributed by atoms with Crippen LogP contribution >= 0.6 is 11.8 Å². The van der Waals surface area contributed by atoms with Gasteiger partial charge in [0.25, 0.3) is 0 Å². The van der Waals surface area contributed by atoms with Gasteiger partial charge in [-0.1, -0.05) is 18.7 Å². The summed E-state index contributed by atoms with van der Waals surface area (Å²) in [6, 6.07) is 3.52. The maximum atomic E-state index is 12.9. The van der Waals surface area contributed by atoms with E-state index in [9.17, 15) is 21.6 Å². The normalized spacial score (nSPS) is 12.8. The summed E-state index contributed by atoms with van der Waals surface area (Å²) >= 11 is 1.36. The molecule has 0 aliphatic rings.